The summed E-state index contributed by atoms with van der Waals surface area (Å²) in [5.41, 5.74) is 0. The summed E-state index contributed by atoms with van der Waals surface area (Å²) in [5.74, 6) is 3.30. The van der Waals surface area contributed by atoms with Gasteiger partial charge in [0.1, 0.15) is 24.2 Å². The molecule has 164 valence electrons. The zero-order valence-electron chi connectivity index (χ0n) is 18.0. The van der Waals surface area contributed by atoms with E-state index >= 15 is 0 Å². The van der Waals surface area contributed by atoms with Crippen LogP contribution < -0.4 is 10.1 Å². The molecular formula is C21H31ClN6O2. The molecule has 2 aromatic rings. The van der Waals surface area contributed by atoms with E-state index < -0.39 is 0 Å². The molecule has 1 aliphatic heterocycles. The largest absolute Gasteiger partial charge is 0.487 e. The van der Waals surface area contributed by atoms with E-state index in [0.29, 0.717) is 11.6 Å². The molecule has 0 spiro atoms. The van der Waals surface area contributed by atoms with E-state index in [9.17, 15) is 0 Å². The van der Waals surface area contributed by atoms with Gasteiger partial charge in [0.05, 0.1) is 11.6 Å². The molecule has 3 rings (SSSR count). The van der Waals surface area contributed by atoms with E-state index in [1.54, 1.807) is 0 Å². The molecule has 0 bridgehead atoms. The average molecular weight is 435 g/mol. The summed E-state index contributed by atoms with van der Waals surface area (Å²) in [7, 11) is 1.96. The molecule has 0 aliphatic carbocycles. The fourth-order valence-corrected chi connectivity index (χ4v) is 3.44. The van der Waals surface area contributed by atoms with E-state index in [4.69, 9.17) is 26.1 Å². The molecule has 8 nitrogen and oxygen atoms in total. The van der Waals surface area contributed by atoms with Crippen molar-refractivity contribution in [1.82, 2.24) is 25.0 Å². The minimum atomic E-state index is 0.0670. The Hall–Kier alpha value is -2.32. The van der Waals surface area contributed by atoms with Crippen LogP contribution in [0.5, 0.6) is 5.75 Å². The van der Waals surface area contributed by atoms with Crippen molar-refractivity contribution in [1.29, 1.82) is 0 Å². The second kappa shape index (κ2) is 11.2. The number of para-hydroxylation sites is 1. The third kappa shape index (κ3) is 6.09. The van der Waals surface area contributed by atoms with Crippen molar-refractivity contribution >= 4 is 17.6 Å². The van der Waals surface area contributed by atoms with Crippen molar-refractivity contribution in [3.63, 3.8) is 0 Å². The highest BCUT2D eigenvalue weighted by Gasteiger charge is 2.27. The third-order valence-corrected chi connectivity index (χ3v) is 5.39. The second-order valence-corrected chi connectivity index (χ2v) is 7.65. The summed E-state index contributed by atoms with van der Waals surface area (Å²) in [6, 6.07) is 7.59. The Labute approximate surface area is 183 Å². The SMILES string of the molecule is CCOCCCNC(=NCc1nnc(C)n1C)N1CCC(Oc2ccccc2Cl)C1. The number of nitrogens with zero attached hydrogens (tertiary/aromatic N) is 5. The van der Waals surface area contributed by atoms with E-state index in [1.807, 2.05) is 49.7 Å². The van der Waals surface area contributed by atoms with Gasteiger partial charge in [0.2, 0.25) is 0 Å². The first-order chi connectivity index (χ1) is 14.6. The number of hydrogen-bond acceptors (Lipinski definition) is 5. The summed E-state index contributed by atoms with van der Waals surface area (Å²) in [5, 5.41) is 12.4. The molecule has 1 unspecified atom stereocenters. The number of ether oxygens (including phenoxy) is 2. The van der Waals surface area contributed by atoms with Crippen LogP contribution in [0.4, 0.5) is 0 Å². The van der Waals surface area contributed by atoms with Gasteiger partial charge in [0.25, 0.3) is 0 Å². The van der Waals surface area contributed by atoms with Gasteiger partial charge in [-0.2, -0.15) is 0 Å². The highest BCUT2D eigenvalue weighted by molar-refractivity contribution is 6.32. The molecule has 1 aromatic heterocycles. The number of nitrogens with one attached hydrogen (secondary N) is 1. The van der Waals surface area contributed by atoms with Gasteiger partial charge in [-0.05, 0) is 32.4 Å². The Morgan fingerprint density at radius 1 is 1.33 bits per heavy atom. The molecule has 2 heterocycles. The van der Waals surface area contributed by atoms with Crippen molar-refractivity contribution in [2.75, 3.05) is 32.8 Å². The maximum Gasteiger partial charge on any atom is 0.194 e. The molecular weight excluding hydrogens is 404 g/mol. The lowest BCUT2D eigenvalue weighted by Gasteiger charge is -2.22. The highest BCUT2D eigenvalue weighted by atomic mass is 35.5. The number of guanidine groups is 1. The normalized spacial score (nSPS) is 16.9. The molecule has 1 fully saturated rings. The lowest BCUT2D eigenvalue weighted by molar-refractivity contribution is 0.145. The highest BCUT2D eigenvalue weighted by Crippen LogP contribution is 2.26. The van der Waals surface area contributed by atoms with Crippen LogP contribution in [0.15, 0.2) is 29.3 Å². The van der Waals surface area contributed by atoms with Gasteiger partial charge in [-0.1, -0.05) is 23.7 Å². The van der Waals surface area contributed by atoms with Crippen LogP contribution >= 0.6 is 11.6 Å². The van der Waals surface area contributed by atoms with Crippen molar-refractivity contribution in [2.45, 2.75) is 39.3 Å². The van der Waals surface area contributed by atoms with Crippen molar-refractivity contribution < 1.29 is 9.47 Å². The van der Waals surface area contributed by atoms with Gasteiger partial charge < -0.3 is 24.3 Å². The Morgan fingerprint density at radius 3 is 2.90 bits per heavy atom. The van der Waals surface area contributed by atoms with Gasteiger partial charge >= 0.3 is 0 Å². The molecule has 1 aliphatic rings. The first kappa shape index (κ1) is 22.4. The van der Waals surface area contributed by atoms with Gasteiger partial charge in [-0.3, -0.25) is 0 Å². The number of halogens is 1. The van der Waals surface area contributed by atoms with Crippen LogP contribution in [0.2, 0.25) is 5.02 Å². The van der Waals surface area contributed by atoms with Gasteiger partial charge in [0.15, 0.2) is 11.8 Å². The summed E-state index contributed by atoms with van der Waals surface area (Å²) < 4.78 is 13.5. The minimum absolute atomic E-state index is 0.0670. The van der Waals surface area contributed by atoms with Crippen LogP contribution in [0.25, 0.3) is 0 Å². The number of aromatic nitrogens is 3. The molecule has 30 heavy (non-hydrogen) atoms. The molecule has 1 aromatic carbocycles. The standard InChI is InChI=1S/C21H31ClN6O2/c1-4-29-13-7-11-23-21(24-14-20-26-25-16(2)27(20)3)28-12-10-17(15-28)30-19-9-6-5-8-18(19)22/h5-6,8-9,17H,4,7,10-15H2,1-3H3,(H,23,24). The predicted molar refractivity (Wildman–Crippen MR) is 118 cm³/mol. The lowest BCUT2D eigenvalue weighted by atomic mass is 10.3. The van der Waals surface area contributed by atoms with E-state index in [2.05, 4.69) is 20.4 Å². The first-order valence-corrected chi connectivity index (χ1v) is 10.8. The zero-order valence-corrected chi connectivity index (χ0v) is 18.7. The summed E-state index contributed by atoms with van der Waals surface area (Å²) >= 11 is 6.24. The molecule has 0 amide bonds. The van der Waals surface area contributed by atoms with E-state index in [0.717, 1.165) is 69.0 Å². The number of rotatable bonds is 9. The zero-order chi connectivity index (χ0) is 21.3. The van der Waals surface area contributed by atoms with Gasteiger partial charge in [0, 0.05) is 39.8 Å². The minimum Gasteiger partial charge on any atom is -0.487 e. The van der Waals surface area contributed by atoms with Crippen LogP contribution in [-0.4, -0.2) is 64.6 Å². The summed E-state index contributed by atoms with van der Waals surface area (Å²) in [6.45, 7) is 8.29. The Morgan fingerprint density at radius 2 is 2.17 bits per heavy atom. The number of aryl methyl sites for hydroxylation is 1. The quantitative estimate of drug-likeness (QED) is 0.371. The maximum atomic E-state index is 6.24. The van der Waals surface area contributed by atoms with Crippen molar-refractivity contribution in [3.05, 3.63) is 40.9 Å². The molecule has 9 heteroatoms. The smallest absolute Gasteiger partial charge is 0.194 e. The second-order valence-electron chi connectivity index (χ2n) is 7.24. The molecule has 0 radical (unpaired) electrons. The van der Waals surface area contributed by atoms with Crippen LogP contribution in [0.1, 0.15) is 31.4 Å². The monoisotopic (exact) mass is 434 g/mol. The average Bonchev–Trinajstić information content (AvgIpc) is 3.33. The van der Waals surface area contributed by atoms with Gasteiger partial charge in [-0.15, -0.1) is 10.2 Å². The maximum absolute atomic E-state index is 6.24. The van der Waals surface area contributed by atoms with Crippen molar-refractivity contribution in [3.8, 4) is 5.75 Å². The molecule has 1 N–H and O–H groups in total. The molecule has 1 atom stereocenters. The van der Waals surface area contributed by atoms with Gasteiger partial charge in [-0.25, -0.2) is 4.99 Å². The Balaban J connectivity index is 1.62. The van der Waals surface area contributed by atoms with Crippen LogP contribution in [-0.2, 0) is 18.3 Å². The number of benzene rings is 1. The Bertz CT molecular complexity index is 841. The lowest BCUT2D eigenvalue weighted by Crippen LogP contribution is -2.41. The number of aliphatic imine (C=N–C) groups is 1. The molecule has 0 saturated carbocycles. The molecule has 1 saturated heterocycles. The summed E-state index contributed by atoms with van der Waals surface area (Å²) in [6.07, 6.45) is 1.90. The van der Waals surface area contributed by atoms with E-state index in [-0.39, 0.29) is 6.10 Å². The fraction of sp³-hybridized carbons (Fsp3) is 0.571. The van der Waals surface area contributed by atoms with Crippen molar-refractivity contribution in [2.24, 2.45) is 12.0 Å². The van der Waals surface area contributed by atoms with E-state index in [1.165, 1.54) is 0 Å². The van der Waals surface area contributed by atoms with Crippen LogP contribution in [0.3, 0.4) is 0 Å². The third-order valence-electron chi connectivity index (χ3n) is 5.08. The summed E-state index contributed by atoms with van der Waals surface area (Å²) in [4.78, 5) is 7.04. The van der Waals surface area contributed by atoms with Crippen LogP contribution in [0, 0.1) is 6.92 Å². The topological polar surface area (TPSA) is 76.8 Å². The predicted octanol–water partition coefficient (Wildman–Crippen LogP) is 2.80. The first-order valence-electron chi connectivity index (χ1n) is 10.5. The number of hydrogen-bond donors (Lipinski definition) is 1. The number of likely N-dealkylation sites (tertiary alicyclic amines) is 1. The Kier molecular flexibility index (Phi) is 8.33. The fourth-order valence-electron chi connectivity index (χ4n) is 3.26.